The van der Waals surface area contributed by atoms with Crippen LogP contribution in [0.1, 0.15) is 38.7 Å². The van der Waals surface area contributed by atoms with Gasteiger partial charge in [-0.3, -0.25) is 4.79 Å². The van der Waals surface area contributed by atoms with E-state index in [1.807, 2.05) is 24.8 Å². The number of hydrogen-bond acceptors (Lipinski definition) is 3. The van der Waals surface area contributed by atoms with Crippen LogP contribution in [0.15, 0.2) is 30.3 Å². The van der Waals surface area contributed by atoms with Crippen LogP contribution in [0, 0.1) is 0 Å². The lowest BCUT2D eigenvalue weighted by Gasteiger charge is -2.42. The summed E-state index contributed by atoms with van der Waals surface area (Å²) in [6, 6.07) is 10.5. The minimum Gasteiger partial charge on any atom is -0.369 e. The number of nitrogens with zero attached hydrogens (tertiary/aromatic N) is 1. The van der Waals surface area contributed by atoms with Crippen molar-refractivity contribution in [1.82, 2.24) is 4.90 Å². The number of ether oxygens (including phenoxy) is 1. The summed E-state index contributed by atoms with van der Waals surface area (Å²) in [7, 11) is 0. The standard InChI is InChI=1S/C18H28N2O2/c1-3-16(22-4-2)17(21)20-12-10-18(14-19,11-13-20)15-8-6-5-7-9-15/h5-9,16H,3-4,10-14,19H2,1-2H3. The third kappa shape index (κ3) is 3.50. The molecule has 1 amide bonds. The maximum absolute atomic E-state index is 12.5. The van der Waals surface area contributed by atoms with Crippen molar-refractivity contribution in [2.24, 2.45) is 5.73 Å². The summed E-state index contributed by atoms with van der Waals surface area (Å²) in [4.78, 5) is 14.5. The molecule has 1 aliphatic heterocycles. The van der Waals surface area contributed by atoms with E-state index in [1.165, 1.54) is 5.56 Å². The molecule has 0 aliphatic carbocycles. The molecule has 0 aromatic heterocycles. The van der Waals surface area contributed by atoms with Gasteiger partial charge < -0.3 is 15.4 Å². The number of likely N-dealkylation sites (tertiary alicyclic amines) is 1. The van der Waals surface area contributed by atoms with E-state index >= 15 is 0 Å². The second-order valence-electron chi connectivity index (χ2n) is 6.03. The van der Waals surface area contributed by atoms with Crippen LogP contribution < -0.4 is 5.73 Å². The Hall–Kier alpha value is -1.39. The molecule has 0 radical (unpaired) electrons. The molecule has 1 aromatic carbocycles. The van der Waals surface area contributed by atoms with Gasteiger partial charge in [0.25, 0.3) is 5.91 Å². The smallest absolute Gasteiger partial charge is 0.251 e. The average molecular weight is 304 g/mol. The van der Waals surface area contributed by atoms with Gasteiger partial charge in [0.05, 0.1) is 0 Å². The molecular weight excluding hydrogens is 276 g/mol. The van der Waals surface area contributed by atoms with Gasteiger partial charge in [0.15, 0.2) is 0 Å². The van der Waals surface area contributed by atoms with Gasteiger partial charge in [-0.15, -0.1) is 0 Å². The lowest BCUT2D eigenvalue weighted by atomic mass is 9.73. The minimum absolute atomic E-state index is 0.00532. The maximum Gasteiger partial charge on any atom is 0.251 e. The third-order valence-corrected chi connectivity index (χ3v) is 4.82. The van der Waals surface area contributed by atoms with Crippen molar-refractivity contribution in [2.45, 2.75) is 44.6 Å². The van der Waals surface area contributed by atoms with E-state index < -0.39 is 0 Å². The summed E-state index contributed by atoms with van der Waals surface area (Å²) in [5.41, 5.74) is 7.40. The second kappa shape index (κ2) is 7.75. The Kier molecular flexibility index (Phi) is 5.98. The molecule has 1 unspecified atom stereocenters. The zero-order valence-electron chi connectivity index (χ0n) is 13.8. The Bertz CT molecular complexity index is 467. The van der Waals surface area contributed by atoms with Crippen molar-refractivity contribution < 1.29 is 9.53 Å². The molecule has 1 atom stereocenters. The molecule has 4 nitrogen and oxygen atoms in total. The number of hydrogen-bond donors (Lipinski definition) is 1. The summed E-state index contributed by atoms with van der Waals surface area (Å²) in [5.74, 6) is 0.128. The number of benzene rings is 1. The molecule has 2 N–H and O–H groups in total. The molecule has 22 heavy (non-hydrogen) atoms. The molecule has 2 rings (SSSR count). The van der Waals surface area contributed by atoms with Crippen molar-refractivity contribution in [3.05, 3.63) is 35.9 Å². The molecule has 1 aromatic rings. The van der Waals surface area contributed by atoms with E-state index in [1.54, 1.807) is 0 Å². The Morgan fingerprint density at radius 3 is 2.41 bits per heavy atom. The largest absolute Gasteiger partial charge is 0.369 e. The third-order valence-electron chi connectivity index (χ3n) is 4.82. The first kappa shape index (κ1) is 17.0. The van der Waals surface area contributed by atoms with Crippen molar-refractivity contribution in [1.29, 1.82) is 0 Å². The van der Waals surface area contributed by atoms with Crippen molar-refractivity contribution >= 4 is 5.91 Å². The van der Waals surface area contributed by atoms with Crippen LogP contribution in [0.2, 0.25) is 0 Å². The van der Waals surface area contributed by atoms with Crippen LogP contribution in [-0.4, -0.2) is 43.2 Å². The quantitative estimate of drug-likeness (QED) is 0.877. The molecule has 1 aliphatic rings. The second-order valence-corrected chi connectivity index (χ2v) is 6.03. The Morgan fingerprint density at radius 2 is 1.91 bits per heavy atom. The SMILES string of the molecule is CCOC(CC)C(=O)N1CCC(CN)(c2ccccc2)CC1. The molecular formula is C18H28N2O2. The Labute approximate surface area is 133 Å². The van der Waals surface area contributed by atoms with Crippen LogP contribution in [-0.2, 0) is 14.9 Å². The van der Waals surface area contributed by atoms with Gasteiger partial charge in [0.1, 0.15) is 6.10 Å². The molecule has 4 heteroatoms. The van der Waals surface area contributed by atoms with Gasteiger partial charge in [-0.05, 0) is 31.7 Å². The van der Waals surface area contributed by atoms with E-state index in [-0.39, 0.29) is 17.4 Å². The molecule has 122 valence electrons. The summed E-state index contributed by atoms with van der Waals surface area (Å²) >= 11 is 0. The maximum atomic E-state index is 12.5. The van der Waals surface area contributed by atoms with Crippen LogP contribution in [0.5, 0.6) is 0 Å². The molecule has 0 saturated carbocycles. The van der Waals surface area contributed by atoms with E-state index in [4.69, 9.17) is 10.5 Å². The fourth-order valence-electron chi connectivity index (χ4n) is 3.33. The first-order chi connectivity index (χ1) is 10.7. The highest BCUT2D eigenvalue weighted by molar-refractivity contribution is 5.81. The molecule has 1 heterocycles. The highest BCUT2D eigenvalue weighted by Gasteiger charge is 2.37. The van der Waals surface area contributed by atoms with E-state index in [0.29, 0.717) is 13.2 Å². The number of rotatable bonds is 6. The topological polar surface area (TPSA) is 55.6 Å². The van der Waals surface area contributed by atoms with Crippen molar-refractivity contribution in [2.75, 3.05) is 26.2 Å². The summed E-state index contributed by atoms with van der Waals surface area (Å²) < 4.78 is 5.55. The van der Waals surface area contributed by atoms with Gasteiger partial charge in [0.2, 0.25) is 0 Å². The number of carbonyl (C=O) groups is 1. The molecule has 1 fully saturated rings. The molecule has 0 spiro atoms. The van der Waals surface area contributed by atoms with E-state index in [9.17, 15) is 4.79 Å². The number of carbonyl (C=O) groups excluding carboxylic acids is 1. The fourth-order valence-corrected chi connectivity index (χ4v) is 3.33. The van der Waals surface area contributed by atoms with Crippen molar-refractivity contribution in [3.8, 4) is 0 Å². The van der Waals surface area contributed by atoms with Crippen LogP contribution in [0.25, 0.3) is 0 Å². The highest BCUT2D eigenvalue weighted by atomic mass is 16.5. The summed E-state index contributed by atoms with van der Waals surface area (Å²) in [6.45, 7) is 6.65. The van der Waals surface area contributed by atoms with Gasteiger partial charge >= 0.3 is 0 Å². The van der Waals surface area contributed by atoms with Crippen molar-refractivity contribution in [3.63, 3.8) is 0 Å². The van der Waals surface area contributed by atoms with Gasteiger partial charge in [-0.25, -0.2) is 0 Å². The Balaban J connectivity index is 2.04. The zero-order chi connectivity index (χ0) is 16.0. The van der Waals surface area contributed by atoms with Gasteiger partial charge in [-0.1, -0.05) is 37.3 Å². The number of nitrogens with two attached hydrogens (primary N) is 1. The van der Waals surface area contributed by atoms with Crippen LogP contribution in [0.3, 0.4) is 0 Å². The molecule has 1 saturated heterocycles. The van der Waals surface area contributed by atoms with Gasteiger partial charge in [-0.2, -0.15) is 0 Å². The summed E-state index contributed by atoms with van der Waals surface area (Å²) in [5, 5.41) is 0. The normalized spacial score (nSPS) is 19.0. The molecule has 0 bridgehead atoms. The zero-order valence-corrected chi connectivity index (χ0v) is 13.8. The van der Waals surface area contributed by atoms with Crippen LogP contribution >= 0.6 is 0 Å². The summed E-state index contributed by atoms with van der Waals surface area (Å²) in [6.07, 6.45) is 2.26. The fraction of sp³-hybridized carbons (Fsp3) is 0.611. The average Bonchev–Trinajstić information content (AvgIpc) is 2.60. The van der Waals surface area contributed by atoms with Crippen LogP contribution in [0.4, 0.5) is 0 Å². The predicted molar refractivity (Wildman–Crippen MR) is 88.7 cm³/mol. The number of amides is 1. The number of piperidine rings is 1. The van der Waals surface area contributed by atoms with Gasteiger partial charge in [0, 0.05) is 31.7 Å². The van der Waals surface area contributed by atoms with E-state index in [0.717, 1.165) is 32.4 Å². The highest BCUT2D eigenvalue weighted by Crippen LogP contribution is 2.34. The Morgan fingerprint density at radius 1 is 1.27 bits per heavy atom. The van der Waals surface area contributed by atoms with E-state index in [2.05, 4.69) is 24.3 Å². The lowest BCUT2D eigenvalue weighted by Crippen LogP contribution is -2.51. The monoisotopic (exact) mass is 304 g/mol. The predicted octanol–water partition coefficient (Wildman–Crippen LogP) is 2.32. The first-order valence-electron chi connectivity index (χ1n) is 8.33. The first-order valence-corrected chi connectivity index (χ1v) is 8.33. The lowest BCUT2D eigenvalue weighted by molar-refractivity contribution is -0.145. The minimum atomic E-state index is -0.299.